The summed E-state index contributed by atoms with van der Waals surface area (Å²) in [7, 11) is 0. The molecule has 5 unspecified atom stereocenters. The van der Waals surface area contributed by atoms with Gasteiger partial charge < -0.3 is 49.1 Å². The number of nitrogens with one attached hydrogen (secondary N) is 3. The molecule has 0 radical (unpaired) electrons. The number of aliphatic hydroxyl groups excluding tert-OH is 1. The molecule has 0 saturated carbocycles. The van der Waals surface area contributed by atoms with Crippen molar-refractivity contribution in [2.75, 3.05) is 13.1 Å². The van der Waals surface area contributed by atoms with E-state index in [-0.39, 0.29) is 25.3 Å². The van der Waals surface area contributed by atoms with Crippen LogP contribution in [0.15, 0.2) is 4.99 Å². The van der Waals surface area contributed by atoms with E-state index in [1.54, 1.807) is 13.8 Å². The lowest BCUT2D eigenvalue weighted by Gasteiger charge is -2.27. The lowest BCUT2D eigenvalue weighted by atomic mass is 10.0. The zero-order valence-electron chi connectivity index (χ0n) is 20.7. The molecule has 5 atom stereocenters. The van der Waals surface area contributed by atoms with E-state index in [2.05, 4.69) is 20.9 Å². The fourth-order valence-corrected chi connectivity index (χ4v) is 3.11. The largest absolute Gasteiger partial charge is 0.480 e. The molecule has 0 spiro atoms. The minimum atomic E-state index is -1.39. The smallest absolute Gasteiger partial charge is 0.326 e. The van der Waals surface area contributed by atoms with Crippen LogP contribution < -0.4 is 38.9 Å². The number of hydrogen-bond acceptors (Lipinski definition) is 8. The Balaban J connectivity index is 5.47. The van der Waals surface area contributed by atoms with Crippen LogP contribution in [0.4, 0.5) is 0 Å². The fourth-order valence-electron chi connectivity index (χ4n) is 3.11. The summed E-state index contributed by atoms with van der Waals surface area (Å²) in [6.07, 6.45) is 0.702. The summed E-state index contributed by atoms with van der Waals surface area (Å²) in [5.74, 6) is -3.99. The van der Waals surface area contributed by atoms with Gasteiger partial charge in [-0.3, -0.25) is 19.4 Å². The molecule has 13 N–H and O–H groups in total. The van der Waals surface area contributed by atoms with Crippen LogP contribution >= 0.6 is 0 Å². The van der Waals surface area contributed by atoms with Crippen molar-refractivity contribution < 1.29 is 29.4 Å². The number of amides is 3. The molecule has 0 aromatic rings. The van der Waals surface area contributed by atoms with Gasteiger partial charge in [-0.1, -0.05) is 20.3 Å². The third-order valence-corrected chi connectivity index (χ3v) is 5.18. The van der Waals surface area contributed by atoms with Crippen molar-refractivity contribution in [2.24, 2.45) is 33.8 Å². The number of carboxylic acid groups (broad SMARTS) is 1. The third-order valence-electron chi connectivity index (χ3n) is 5.18. The molecule has 0 rings (SSSR count). The van der Waals surface area contributed by atoms with E-state index >= 15 is 0 Å². The first-order valence-electron chi connectivity index (χ1n) is 11.6. The Hall–Kier alpha value is -2.97. The summed E-state index contributed by atoms with van der Waals surface area (Å²) < 4.78 is 0. The van der Waals surface area contributed by atoms with Crippen LogP contribution in [0, 0.1) is 5.92 Å². The Morgan fingerprint density at radius 1 is 0.857 bits per heavy atom. The van der Waals surface area contributed by atoms with E-state index in [9.17, 15) is 29.4 Å². The summed E-state index contributed by atoms with van der Waals surface area (Å²) in [6.45, 7) is 5.18. The highest BCUT2D eigenvalue weighted by atomic mass is 16.4. The number of nitrogens with zero attached hydrogens (tertiary/aromatic N) is 1. The number of unbranched alkanes of at least 4 members (excludes halogenated alkanes) is 1. The molecule has 0 bridgehead atoms. The molecule has 0 aliphatic carbocycles. The number of aliphatic imine (C=N–C) groups is 1. The zero-order valence-corrected chi connectivity index (χ0v) is 20.7. The fraction of sp³-hybridized carbons (Fsp3) is 0.762. The van der Waals surface area contributed by atoms with Crippen molar-refractivity contribution in [3.05, 3.63) is 0 Å². The minimum absolute atomic E-state index is 0.0673. The first-order chi connectivity index (χ1) is 16.3. The molecular formula is C21H42N8O6. The second kappa shape index (κ2) is 16.6. The first-order valence-corrected chi connectivity index (χ1v) is 11.6. The van der Waals surface area contributed by atoms with Gasteiger partial charge >= 0.3 is 5.97 Å². The molecule has 14 heteroatoms. The number of nitrogens with two attached hydrogens (primary N) is 4. The van der Waals surface area contributed by atoms with Crippen molar-refractivity contribution in [3.8, 4) is 0 Å². The molecular weight excluding hydrogens is 460 g/mol. The van der Waals surface area contributed by atoms with Crippen LogP contribution in [0.25, 0.3) is 0 Å². The second-order valence-electron chi connectivity index (χ2n) is 8.70. The molecule has 202 valence electrons. The van der Waals surface area contributed by atoms with Crippen LogP contribution in [-0.4, -0.2) is 83.2 Å². The maximum atomic E-state index is 12.9. The van der Waals surface area contributed by atoms with Gasteiger partial charge in [0, 0.05) is 6.54 Å². The topological polar surface area (TPSA) is 261 Å². The van der Waals surface area contributed by atoms with Gasteiger partial charge in [0.25, 0.3) is 0 Å². The summed E-state index contributed by atoms with van der Waals surface area (Å²) in [5, 5.41) is 26.8. The van der Waals surface area contributed by atoms with Gasteiger partial charge in [0.2, 0.25) is 17.7 Å². The van der Waals surface area contributed by atoms with Crippen LogP contribution in [0.1, 0.15) is 52.9 Å². The highest BCUT2D eigenvalue weighted by molar-refractivity contribution is 5.94. The SMILES string of the molecule is CC(C)C(NC(=O)C(CCCN=C(N)N)NC(=O)C(NC(=O)C(N)CCCCN)C(C)O)C(=O)O. The molecule has 0 fully saturated rings. The highest BCUT2D eigenvalue weighted by Crippen LogP contribution is 2.07. The van der Waals surface area contributed by atoms with E-state index in [0.29, 0.717) is 25.8 Å². The number of rotatable bonds is 17. The van der Waals surface area contributed by atoms with Crippen LogP contribution in [0.5, 0.6) is 0 Å². The Kier molecular flexibility index (Phi) is 15.2. The average molecular weight is 503 g/mol. The second-order valence-corrected chi connectivity index (χ2v) is 8.70. The molecule has 0 heterocycles. The van der Waals surface area contributed by atoms with Crippen LogP contribution in [0.3, 0.4) is 0 Å². The number of carbonyl (C=O) groups is 4. The number of guanidine groups is 1. The Morgan fingerprint density at radius 2 is 1.46 bits per heavy atom. The molecule has 0 aromatic heterocycles. The molecule has 14 nitrogen and oxygen atoms in total. The van der Waals surface area contributed by atoms with Crippen molar-refractivity contribution in [2.45, 2.75) is 83.1 Å². The Bertz CT molecular complexity index is 727. The molecule has 35 heavy (non-hydrogen) atoms. The first kappa shape index (κ1) is 32.0. The highest BCUT2D eigenvalue weighted by Gasteiger charge is 2.32. The van der Waals surface area contributed by atoms with Crippen LogP contribution in [-0.2, 0) is 19.2 Å². The third kappa shape index (κ3) is 12.9. The van der Waals surface area contributed by atoms with Gasteiger partial charge in [-0.15, -0.1) is 0 Å². The Morgan fingerprint density at radius 3 is 1.94 bits per heavy atom. The van der Waals surface area contributed by atoms with Gasteiger partial charge in [-0.2, -0.15) is 0 Å². The summed E-state index contributed by atoms with van der Waals surface area (Å²) in [6, 6.07) is -4.65. The lowest BCUT2D eigenvalue weighted by Crippen LogP contribution is -2.60. The predicted octanol–water partition coefficient (Wildman–Crippen LogP) is -2.93. The number of aliphatic carboxylic acids is 1. The van der Waals surface area contributed by atoms with Gasteiger partial charge in [0.15, 0.2) is 5.96 Å². The quantitative estimate of drug-likeness (QED) is 0.0555. The maximum Gasteiger partial charge on any atom is 0.326 e. The number of hydrogen-bond donors (Lipinski definition) is 9. The monoisotopic (exact) mass is 502 g/mol. The normalized spacial score (nSPS) is 15.3. The maximum absolute atomic E-state index is 12.9. The van der Waals surface area contributed by atoms with Crippen molar-refractivity contribution >= 4 is 29.7 Å². The molecule has 3 amide bonds. The molecule has 0 aromatic carbocycles. The van der Waals surface area contributed by atoms with E-state index < -0.39 is 59.9 Å². The number of aliphatic hydroxyl groups is 1. The van der Waals surface area contributed by atoms with Crippen LogP contribution in [0.2, 0.25) is 0 Å². The predicted molar refractivity (Wildman–Crippen MR) is 131 cm³/mol. The molecule has 0 saturated heterocycles. The number of carbonyl (C=O) groups excluding carboxylic acids is 3. The van der Waals surface area contributed by atoms with E-state index in [1.807, 2.05) is 0 Å². The van der Waals surface area contributed by atoms with E-state index in [1.165, 1.54) is 6.92 Å². The average Bonchev–Trinajstić information content (AvgIpc) is 2.76. The van der Waals surface area contributed by atoms with Gasteiger partial charge in [-0.25, -0.2) is 4.79 Å². The number of carboxylic acids is 1. The van der Waals surface area contributed by atoms with Gasteiger partial charge in [0.1, 0.15) is 18.1 Å². The van der Waals surface area contributed by atoms with Crippen molar-refractivity contribution in [3.63, 3.8) is 0 Å². The summed E-state index contributed by atoms with van der Waals surface area (Å²) in [4.78, 5) is 53.5. The van der Waals surface area contributed by atoms with E-state index in [0.717, 1.165) is 0 Å². The zero-order chi connectivity index (χ0) is 27.1. The summed E-state index contributed by atoms with van der Waals surface area (Å²) >= 11 is 0. The van der Waals surface area contributed by atoms with E-state index in [4.69, 9.17) is 22.9 Å². The lowest BCUT2D eigenvalue weighted by molar-refractivity contribution is -0.143. The summed E-state index contributed by atoms with van der Waals surface area (Å²) in [5.41, 5.74) is 21.9. The van der Waals surface area contributed by atoms with Crippen molar-refractivity contribution in [1.82, 2.24) is 16.0 Å². The molecule has 0 aliphatic heterocycles. The van der Waals surface area contributed by atoms with Crippen molar-refractivity contribution in [1.29, 1.82) is 0 Å². The van der Waals surface area contributed by atoms with Gasteiger partial charge in [0.05, 0.1) is 12.1 Å². The Labute approximate surface area is 205 Å². The molecule has 0 aliphatic rings. The minimum Gasteiger partial charge on any atom is -0.480 e. The standard InChI is InChI=1S/C21H42N8O6/c1-11(2)15(20(34)35)28-18(32)14(8-6-10-26-21(24)25)27-19(33)16(12(3)30)29-17(31)13(23)7-4-5-9-22/h11-16,30H,4-10,22-23H2,1-3H3,(H,27,33)(H,28,32)(H,29,31)(H,34,35)(H4,24,25,26). The van der Waals surface area contributed by atoms with Gasteiger partial charge in [-0.05, 0) is 45.1 Å².